The first-order valence-electron chi connectivity index (χ1n) is 5.77. The molecule has 0 bridgehead atoms. The van der Waals surface area contributed by atoms with Gasteiger partial charge in [-0.05, 0) is 26.7 Å². The number of carbonyl (C=O) groups is 2. The standard InChI is InChI=1S/C11H20N2O3/c1-9(2)16-11(15)8-12-7-10(14)13-5-3-4-6-13/h9,12H,3-8H2,1-2H3. The van der Waals surface area contributed by atoms with E-state index in [1.807, 2.05) is 4.90 Å². The van der Waals surface area contributed by atoms with Crippen LogP contribution in [0.25, 0.3) is 0 Å². The Bertz CT molecular complexity index is 248. The van der Waals surface area contributed by atoms with Crippen molar-refractivity contribution in [3.63, 3.8) is 0 Å². The van der Waals surface area contributed by atoms with Crippen LogP contribution in [0.3, 0.4) is 0 Å². The van der Waals surface area contributed by atoms with E-state index in [0.717, 1.165) is 25.9 Å². The number of carbonyl (C=O) groups excluding carboxylic acids is 2. The molecule has 0 aliphatic carbocycles. The van der Waals surface area contributed by atoms with Gasteiger partial charge in [-0.25, -0.2) is 0 Å². The smallest absolute Gasteiger partial charge is 0.320 e. The third-order valence-corrected chi connectivity index (χ3v) is 2.37. The maximum Gasteiger partial charge on any atom is 0.320 e. The van der Waals surface area contributed by atoms with Gasteiger partial charge in [-0.2, -0.15) is 0 Å². The van der Waals surface area contributed by atoms with Crippen LogP contribution in [0.15, 0.2) is 0 Å². The van der Waals surface area contributed by atoms with Crippen LogP contribution in [0, 0.1) is 0 Å². The molecular formula is C11H20N2O3. The molecule has 1 aliphatic rings. The lowest BCUT2D eigenvalue weighted by molar-refractivity contribution is -0.146. The van der Waals surface area contributed by atoms with Crippen LogP contribution in [0.2, 0.25) is 0 Å². The zero-order valence-electron chi connectivity index (χ0n) is 9.99. The van der Waals surface area contributed by atoms with Crippen molar-refractivity contribution in [3.8, 4) is 0 Å². The Labute approximate surface area is 96.1 Å². The summed E-state index contributed by atoms with van der Waals surface area (Å²) < 4.78 is 4.93. The molecule has 1 fully saturated rings. The first-order valence-corrected chi connectivity index (χ1v) is 5.77. The quantitative estimate of drug-likeness (QED) is 0.680. The minimum Gasteiger partial charge on any atom is -0.462 e. The van der Waals surface area contributed by atoms with Crippen LogP contribution >= 0.6 is 0 Å². The summed E-state index contributed by atoms with van der Waals surface area (Å²) in [5, 5.41) is 2.80. The van der Waals surface area contributed by atoms with E-state index in [1.165, 1.54) is 0 Å². The Kier molecular flexibility index (Phi) is 5.25. The average molecular weight is 228 g/mol. The largest absolute Gasteiger partial charge is 0.462 e. The van der Waals surface area contributed by atoms with Crippen molar-refractivity contribution in [3.05, 3.63) is 0 Å². The Balaban J connectivity index is 2.10. The molecule has 0 aromatic heterocycles. The highest BCUT2D eigenvalue weighted by atomic mass is 16.5. The molecule has 1 saturated heterocycles. The highest BCUT2D eigenvalue weighted by Crippen LogP contribution is 2.06. The van der Waals surface area contributed by atoms with Gasteiger partial charge in [0.2, 0.25) is 5.91 Å². The molecule has 1 rings (SSSR count). The topological polar surface area (TPSA) is 58.6 Å². The molecule has 0 unspecified atom stereocenters. The summed E-state index contributed by atoms with van der Waals surface area (Å²) in [4.78, 5) is 24.5. The monoisotopic (exact) mass is 228 g/mol. The molecule has 0 spiro atoms. The number of rotatable bonds is 5. The minimum absolute atomic E-state index is 0.0647. The van der Waals surface area contributed by atoms with E-state index in [1.54, 1.807) is 13.8 Å². The van der Waals surface area contributed by atoms with Crippen molar-refractivity contribution >= 4 is 11.9 Å². The van der Waals surface area contributed by atoms with Gasteiger partial charge in [0, 0.05) is 13.1 Å². The van der Waals surface area contributed by atoms with Crippen molar-refractivity contribution in [2.45, 2.75) is 32.8 Å². The number of nitrogens with one attached hydrogen (secondary N) is 1. The maximum absolute atomic E-state index is 11.6. The molecule has 16 heavy (non-hydrogen) atoms. The fourth-order valence-corrected chi connectivity index (χ4v) is 1.65. The normalized spacial score (nSPS) is 15.6. The van der Waals surface area contributed by atoms with Crippen LogP contribution in [0.1, 0.15) is 26.7 Å². The van der Waals surface area contributed by atoms with Crippen LogP contribution < -0.4 is 5.32 Å². The fourth-order valence-electron chi connectivity index (χ4n) is 1.65. The van der Waals surface area contributed by atoms with Gasteiger partial charge in [0.15, 0.2) is 0 Å². The second kappa shape index (κ2) is 6.48. The van der Waals surface area contributed by atoms with Gasteiger partial charge < -0.3 is 9.64 Å². The number of ether oxygens (including phenoxy) is 1. The first-order chi connectivity index (χ1) is 7.59. The number of esters is 1. The van der Waals surface area contributed by atoms with Gasteiger partial charge in [0.25, 0.3) is 0 Å². The number of nitrogens with zero attached hydrogens (tertiary/aromatic N) is 1. The average Bonchev–Trinajstić information content (AvgIpc) is 2.68. The summed E-state index contributed by atoms with van der Waals surface area (Å²) in [6.45, 7) is 5.60. The lowest BCUT2D eigenvalue weighted by atomic mass is 10.4. The Morgan fingerprint density at radius 2 is 1.88 bits per heavy atom. The minimum atomic E-state index is -0.316. The molecule has 0 atom stereocenters. The van der Waals surface area contributed by atoms with E-state index < -0.39 is 0 Å². The van der Waals surface area contributed by atoms with Crippen LogP contribution in [-0.4, -0.2) is 49.1 Å². The molecule has 1 heterocycles. The van der Waals surface area contributed by atoms with Gasteiger partial charge in [-0.3, -0.25) is 14.9 Å². The van der Waals surface area contributed by atoms with Crippen molar-refractivity contribution < 1.29 is 14.3 Å². The molecule has 0 saturated carbocycles. The van der Waals surface area contributed by atoms with Crippen molar-refractivity contribution in [2.24, 2.45) is 0 Å². The SMILES string of the molecule is CC(C)OC(=O)CNCC(=O)N1CCCC1. The van der Waals surface area contributed by atoms with E-state index in [2.05, 4.69) is 5.32 Å². The van der Waals surface area contributed by atoms with Crippen molar-refractivity contribution in [1.29, 1.82) is 0 Å². The highest BCUT2D eigenvalue weighted by Gasteiger charge is 2.17. The molecule has 0 radical (unpaired) electrons. The van der Waals surface area contributed by atoms with Crippen LogP contribution in [-0.2, 0) is 14.3 Å². The molecule has 1 aliphatic heterocycles. The third-order valence-electron chi connectivity index (χ3n) is 2.37. The molecule has 0 aromatic rings. The summed E-state index contributed by atoms with van der Waals surface area (Å²) in [5.41, 5.74) is 0. The Morgan fingerprint density at radius 3 is 2.44 bits per heavy atom. The highest BCUT2D eigenvalue weighted by molar-refractivity contribution is 5.79. The zero-order valence-corrected chi connectivity index (χ0v) is 9.99. The fraction of sp³-hybridized carbons (Fsp3) is 0.818. The van der Waals surface area contributed by atoms with Gasteiger partial charge in [0.1, 0.15) is 0 Å². The predicted octanol–water partition coefficient (Wildman–Crippen LogP) is 0.150. The molecule has 1 amide bonds. The Hall–Kier alpha value is -1.10. The molecule has 1 N–H and O–H groups in total. The van der Waals surface area contributed by atoms with E-state index in [4.69, 9.17) is 4.74 Å². The molecule has 5 heteroatoms. The molecule has 0 aromatic carbocycles. The van der Waals surface area contributed by atoms with Gasteiger partial charge >= 0.3 is 5.97 Å². The van der Waals surface area contributed by atoms with E-state index in [0.29, 0.717) is 0 Å². The predicted molar refractivity (Wildman–Crippen MR) is 59.9 cm³/mol. The summed E-state index contributed by atoms with van der Waals surface area (Å²) in [6, 6.07) is 0. The second-order valence-electron chi connectivity index (χ2n) is 4.23. The third kappa shape index (κ3) is 4.61. The number of hydrogen-bond acceptors (Lipinski definition) is 4. The summed E-state index contributed by atoms with van der Waals surface area (Å²) in [5.74, 6) is -0.251. The number of likely N-dealkylation sites (tertiary alicyclic amines) is 1. The van der Waals surface area contributed by atoms with E-state index in [-0.39, 0.29) is 31.1 Å². The van der Waals surface area contributed by atoms with Crippen molar-refractivity contribution in [1.82, 2.24) is 10.2 Å². The van der Waals surface area contributed by atoms with Crippen molar-refractivity contribution in [2.75, 3.05) is 26.2 Å². The molecule has 5 nitrogen and oxygen atoms in total. The zero-order chi connectivity index (χ0) is 12.0. The van der Waals surface area contributed by atoms with Crippen LogP contribution in [0.4, 0.5) is 0 Å². The first kappa shape index (κ1) is 13.0. The van der Waals surface area contributed by atoms with Crippen LogP contribution in [0.5, 0.6) is 0 Å². The van der Waals surface area contributed by atoms with E-state index >= 15 is 0 Å². The summed E-state index contributed by atoms with van der Waals surface area (Å²) >= 11 is 0. The van der Waals surface area contributed by atoms with Gasteiger partial charge in [0.05, 0.1) is 19.2 Å². The summed E-state index contributed by atoms with van der Waals surface area (Å²) in [7, 11) is 0. The molecule has 92 valence electrons. The number of hydrogen-bond donors (Lipinski definition) is 1. The lowest BCUT2D eigenvalue weighted by Crippen LogP contribution is -2.38. The lowest BCUT2D eigenvalue weighted by Gasteiger charge is -2.15. The number of amides is 1. The molecular weight excluding hydrogens is 208 g/mol. The summed E-state index contributed by atoms with van der Waals surface area (Å²) in [6.07, 6.45) is 2.06. The maximum atomic E-state index is 11.6. The van der Waals surface area contributed by atoms with Gasteiger partial charge in [-0.15, -0.1) is 0 Å². The van der Waals surface area contributed by atoms with E-state index in [9.17, 15) is 9.59 Å². The Morgan fingerprint density at radius 1 is 1.25 bits per heavy atom. The van der Waals surface area contributed by atoms with Gasteiger partial charge in [-0.1, -0.05) is 0 Å². The second-order valence-corrected chi connectivity index (χ2v) is 4.23.